The van der Waals surface area contributed by atoms with Crippen LogP contribution in [-0.4, -0.2) is 42.5 Å². The van der Waals surface area contributed by atoms with E-state index in [9.17, 15) is 4.79 Å². The molecule has 1 fully saturated rings. The summed E-state index contributed by atoms with van der Waals surface area (Å²) >= 11 is 0. The van der Waals surface area contributed by atoms with Crippen LogP contribution in [0.15, 0.2) is 24.3 Å². The van der Waals surface area contributed by atoms with E-state index in [0.717, 1.165) is 31.5 Å². The molecule has 3 atom stereocenters. The van der Waals surface area contributed by atoms with Gasteiger partial charge >= 0.3 is 0 Å². The Bertz CT molecular complexity index is 551. The first-order valence-electron chi connectivity index (χ1n) is 8.44. The van der Waals surface area contributed by atoms with E-state index in [1.165, 1.54) is 5.56 Å². The van der Waals surface area contributed by atoms with Gasteiger partial charge in [0.15, 0.2) is 0 Å². The van der Waals surface area contributed by atoms with Crippen LogP contribution in [0.25, 0.3) is 0 Å². The minimum absolute atomic E-state index is 0. The van der Waals surface area contributed by atoms with E-state index in [4.69, 9.17) is 5.73 Å². The summed E-state index contributed by atoms with van der Waals surface area (Å²) in [6, 6.07) is 8.86. The number of carbonyl (C=O) groups is 1. The van der Waals surface area contributed by atoms with Crippen molar-refractivity contribution in [1.29, 1.82) is 0 Å². The molecule has 0 bridgehead atoms. The van der Waals surface area contributed by atoms with Gasteiger partial charge in [-0.05, 0) is 50.3 Å². The summed E-state index contributed by atoms with van der Waals surface area (Å²) in [7, 11) is 0. The first-order chi connectivity index (χ1) is 10.6. The van der Waals surface area contributed by atoms with Crippen LogP contribution >= 0.6 is 12.4 Å². The SMILES string of the molecule is CC1CCN(CC(=O)N2c3ccccc3CC2C)C(CN)C1.Cl. The zero-order valence-electron chi connectivity index (χ0n) is 14.1. The molecule has 2 aliphatic heterocycles. The van der Waals surface area contributed by atoms with Gasteiger partial charge in [-0.2, -0.15) is 0 Å². The molecular weight excluding hydrogens is 310 g/mol. The minimum Gasteiger partial charge on any atom is -0.329 e. The molecule has 2 heterocycles. The van der Waals surface area contributed by atoms with E-state index in [0.29, 0.717) is 25.0 Å². The number of para-hydroxylation sites is 1. The highest BCUT2D eigenvalue weighted by Crippen LogP contribution is 2.32. The molecule has 0 aliphatic carbocycles. The van der Waals surface area contributed by atoms with Crippen molar-refractivity contribution in [3.05, 3.63) is 29.8 Å². The molecule has 0 aromatic heterocycles. The maximum absolute atomic E-state index is 12.9. The molecule has 2 aliphatic rings. The van der Waals surface area contributed by atoms with Crippen molar-refractivity contribution >= 4 is 24.0 Å². The minimum atomic E-state index is 0. The molecule has 1 aromatic carbocycles. The number of hydrogen-bond acceptors (Lipinski definition) is 3. The lowest BCUT2D eigenvalue weighted by Gasteiger charge is -2.38. The first kappa shape index (κ1) is 18.2. The standard InChI is InChI=1S/C18H27N3O.ClH/c1-13-7-8-20(16(9-13)11-19)12-18(22)21-14(2)10-15-5-3-4-6-17(15)21;/h3-6,13-14,16H,7-12,19H2,1-2H3;1H. The van der Waals surface area contributed by atoms with Crippen LogP contribution < -0.4 is 10.6 Å². The normalized spacial score (nSPS) is 27.4. The molecular formula is C18H28ClN3O. The zero-order valence-corrected chi connectivity index (χ0v) is 14.9. The third kappa shape index (κ3) is 3.70. The lowest BCUT2D eigenvalue weighted by atomic mass is 9.92. The number of likely N-dealkylation sites (tertiary alicyclic amines) is 1. The molecule has 0 saturated carbocycles. The van der Waals surface area contributed by atoms with Gasteiger partial charge in [-0.15, -0.1) is 12.4 Å². The summed E-state index contributed by atoms with van der Waals surface area (Å²) in [6.45, 7) is 6.53. The number of rotatable bonds is 3. The third-order valence-corrected chi connectivity index (χ3v) is 5.19. The predicted octanol–water partition coefficient (Wildman–Crippen LogP) is 2.45. The number of hydrogen-bond donors (Lipinski definition) is 1. The van der Waals surface area contributed by atoms with Crippen LogP contribution in [0.3, 0.4) is 0 Å². The highest BCUT2D eigenvalue weighted by atomic mass is 35.5. The summed E-state index contributed by atoms with van der Waals surface area (Å²) in [5.74, 6) is 0.928. The average molecular weight is 338 g/mol. The largest absolute Gasteiger partial charge is 0.329 e. The van der Waals surface area contributed by atoms with Crippen molar-refractivity contribution < 1.29 is 4.79 Å². The van der Waals surface area contributed by atoms with E-state index in [2.05, 4.69) is 36.9 Å². The molecule has 0 spiro atoms. The maximum atomic E-state index is 12.9. The Morgan fingerprint density at radius 3 is 2.78 bits per heavy atom. The molecule has 3 unspecified atom stereocenters. The Kier molecular flexibility index (Phi) is 6.06. The molecule has 5 heteroatoms. The third-order valence-electron chi connectivity index (χ3n) is 5.19. The van der Waals surface area contributed by atoms with E-state index >= 15 is 0 Å². The maximum Gasteiger partial charge on any atom is 0.241 e. The number of fused-ring (bicyclic) bond motifs is 1. The topological polar surface area (TPSA) is 49.6 Å². The fourth-order valence-corrected chi connectivity index (χ4v) is 3.95. The fraction of sp³-hybridized carbons (Fsp3) is 0.611. The van der Waals surface area contributed by atoms with Crippen molar-refractivity contribution in [2.24, 2.45) is 11.7 Å². The second kappa shape index (κ2) is 7.65. The molecule has 4 nitrogen and oxygen atoms in total. The van der Waals surface area contributed by atoms with Crippen LogP contribution in [0.5, 0.6) is 0 Å². The average Bonchev–Trinajstić information content (AvgIpc) is 2.84. The molecule has 0 radical (unpaired) electrons. The van der Waals surface area contributed by atoms with E-state index in [-0.39, 0.29) is 24.4 Å². The van der Waals surface area contributed by atoms with Crippen LogP contribution in [0.1, 0.15) is 32.3 Å². The fourth-order valence-electron chi connectivity index (χ4n) is 3.95. The van der Waals surface area contributed by atoms with Gasteiger partial charge in [-0.25, -0.2) is 0 Å². The number of nitrogens with zero attached hydrogens (tertiary/aromatic N) is 2. The number of benzene rings is 1. The summed E-state index contributed by atoms with van der Waals surface area (Å²) in [5, 5.41) is 0. The Morgan fingerprint density at radius 1 is 1.30 bits per heavy atom. The van der Waals surface area contributed by atoms with Crippen LogP contribution in [-0.2, 0) is 11.2 Å². The molecule has 1 saturated heterocycles. The number of piperidine rings is 1. The Hall–Kier alpha value is -1.10. The van der Waals surface area contributed by atoms with Crippen LogP contribution in [0.4, 0.5) is 5.69 Å². The van der Waals surface area contributed by atoms with Gasteiger partial charge in [-0.1, -0.05) is 25.1 Å². The highest BCUT2D eigenvalue weighted by molar-refractivity contribution is 5.97. The van der Waals surface area contributed by atoms with Crippen molar-refractivity contribution in [2.45, 2.75) is 45.2 Å². The van der Waals surface area contributed by atoms with Crippen LogP contribution in [0, 0.1) is 5.92 Å². The Labute approximate surface area is 145 Å². The smallest absolute Gasteiger partial charge is 0.241 e. The Balaban J connectivity index is 0.00000192. The predicted molar refractivity (Wildman–Crippen MR) is 97.2 cm³/mol. The molecule has 1 amide bonds. The number of amides is 1. The van der Waals surface area contributed by atoms with Gasteiger partial charge in [-0.3, -0.25) is 9.69 Å². The van der Waals surface area contributed by atoms with Crippen molar-refractivity contribution in [1.82, 2.24) is 4.90 Å². The molecule has 23 heavy (non-hydrogen) atoms. The van der Waals surface area contributed by atoms with Crippen molar-refractivity contribution in [3.63, 3.8) is 0 Å². The molecule has 3 rings (SSSR count). The van der Waals surface area contributed by atoms with Crippen LogP contribution in [0.2, 0.25) is 0 Å². The number of carbonyl (C=O) groups excluding carboxylic acids is 1. The number of anilines is 1. The van der Waals surface area contributed by atoms with Gasteiger partial charge in [0.05, 0.1) is 6.54 Å². The van der Waals surface area contributed by atoms with Crippen molar-refractivity contribution in [3.8, 4) is 0 Å². The van der Waals surface area contributed by atoms with Gasteiger partial charge in [0, 0.05) is 24.3 Å². The zero-order chi connectivity index (χ0) is 15.7. The quantitative estimate of drug-likeness (QED) is 0.921. The molecule has 128 valence electrons. The Morgan fingerprint density at radius 2 is 2.04 bits per heavy atom. The second-order valence-electron chi connectivity index (χ2n) is 6.94. The second-order valence-corrected chi connectivity index (χ2v) is 6.94. The van der Waals surface area contributed by atoms with E-state index in [1.54, 1.807) is 0 Å². The number of halogens is 1. The van der Waals surface area contributed by atoms with Gasteiger partial charge in [0.2, 0.25) is 5.91 Å². The molecule has 2 N–H and O–H groups in total. The number of nitrogens with two attached hydrogens (primary N) is 1. The van der Waals surface area contributed by atoms with Gasteiger partial charge in [0.25, 0.3) is 0 Å². The van der Waals surface area contributed by atoms with Gasteiger partial charge < -0.3 is 10.6 Å². The first-order valence-corrected chi connectivity index (χ1v) is 8.44. The lowest BCUT2D eigenvalue weighted by molar-refractivity contribution is -0.121. The van der Waals surface area contributed by atoms with Gasteiger partial charge in [0.1, 0.15) is 0 Å². The highest BCUT2D eigenvalue weighted by Gasteiger charge is 2.33. The van der Waals surface area contributed by atoms with Crippen molar-refractivity contribution in [2.75, 3.05) is 24.5 Å². The van der Waals surface area contributed by atoms with E-state index < -0.39 is 0 Å². The summed E-state index contributed by atoms with van der Waals surface area (Å²) in [6.07, 6.45) is 3.23. The van der Waals surface area contributed by atoms with E-state index in [1.807, 2.05) is 11.0 Å². The lowest BCUT2D eigenvalue weighted by Crippen LogP contribution is -2.51. The summed E-state index contributed by atoms with van der Waals surface area (Å²) in [4.78, 5) is 17.1. The molecule has 1 aromatic rings. The summed E-state index contributed by atoms with van der Waals surface area (Å²) in [5.41, 5.74) is 8.30. The summed E-state index contributed by atoms with van der Waals surface area (Å²) < 4.78 is 0. The monoisotopic (exact) mass is 337 g/mol.